The molecule has 0 bridgehead atoms. The van der Waals surface area contributed by atoms with Crippen molar-refractivity contribution in [2.24, 2.45) is 16.5 Å². The number of amides is 3. The molecule has 2 aromatic heterocycles. The van der Waals surface area contributed by atoms with Crippen LogP contribution in [0.1, 0.15) is 40.7 Å². The standard InChI is InChI=1S/C35H38N8O4S/c1-21(44)40-29(19-23-20-39-25-13-6-5-12-24(23)25)33(47)42-28(18-22-10-3-2-4-11-22)32(46)41-27(15-9-17-38-35(36)37)31(45)34-43-26-14-7-8-16-30(26)48-34/h2-8,10-14,16,20,27-29,39H,9,15,17-19H2,1H3,(H,40,44)(H,41,46)(H,42,47)(H4,36,37,38)/t27-,28?,29+/m0/s1. The van der Waals surface area contributed by atoms with Gasteiger partial charge in [-0.1, -0.05) is 60.7 Å². The molecule has 2 heterocycles. The van der Waals surface area contributed by atoms with Gasteiger partial charge in [0.2, 0.25) is 23.5 Å². The van der Waals surface area contributed by atoms with Crippen LogP contribution in [0.3, 0.4) is 0 Å². The Labute approximate surface area is 281 Å². The van der Waals surface area contributed by atoms with E-state index in [9.17, 15) is 19.2 Å². The number of H-pyrrole nitrogens is 1. The molecule has 0 fully saturated rings. The number of guanidine groups is 1. The van der Waals surface area contributed by atoms with Gasteiger partial charge in [0.1, 0.15) is 12.1 Å². The fourth-order valence-electron chi connectivity index (χ4n) is 5.48. The Morgan fingerprint density at radius 1 is 0.833 bits per heavy atom. The summed E-state index contributed by atoms with van der Waals surface area (Å²) < 4.78 is 0.847. The van der Waals surface area contributed by atoms with Crippen LogP contribution in [0.5, 0.6) is 0 Å². The van der Waals surface area contributed by atoms with Gasteiger partial charge in [0.15, 0.2) is 11.0 Å². The number of carbonyl (C=O) groups is 4. The molecule has 5 aromatic rings. The van der Waals surface area contributed by atoms with Crippen molar-refractivity contribution in [1.82, 2.24) is 25.9 Å². The maximum absolute atomic E-state index is 14.0. The molecule has 248 valence electrons. The Balaban J connectivity index is 1.39. The molecule has 0 aliphatic heterocycles. The van der Waals surface area contributed by atoms with Gasteiger partial charge in [0.25, 0.3) is 0 Å². The highest BCUT2D eigenvalue weighted by Gasteiger charge is 2.31. The van der Waals surface area contributed by atoms with Gasteiger partial charge in [-0.3, -0.25) is 24.2 Å². The lowest BCUT2D eigenvalue weighted by atomic mass is 10.0. The minimum atomic E-state index is -1.07. The van der Waals surface area contributed by atoms with Gasteiger partial charge in [-0.05, 0) is 42.2 Å². The first-order valence-corrected chi connectivity index (χ1v) is 16.4. The van der Waals surface area contributed by atoms with Crippen molar-refractivity contribution in [2.45, 2.75) is 50.7 Å². The van der Waals surface area contributed by atoms with Crippen molar-refractivity contribution in [3.05, 3.63) is 101 Å². The van der Waals surface area contributed by atoms with Crippen molar-refractivity contribution in [3.8, 4) is 0 Å². The number of thiazole rings is 1. The first-order chi connectivity index (χ1) is 23.2. The van der Waals surface area contributed by atoms with Gasteiger partial charge >= 0.3 is 0 Å². The molecule has 0 aliphatic rings. The number of aromatic amines is 1. The van der Waals surface area contributed by atoms with E-state index in [-0.39, 0.29) is 48.5 Å². The summed E-state index contributed by atoms with van der Waals surface area (Å²) in [6.07, 6.45) is 2.79. The first-order valence-electron chi connectivity index (χ1n) is 15.6. The van der Waals surface area contributed by atoms with E-state index in [2.05, 4.69) is 30.9 Å². The minimum absolute atomic E-state index is 0.0694. The van der Waals surface area contributed by atoms with E-state index in [0.717, 1.165) is 26.7 Å². The molecule has 12 nitrogen and oxygen atoms in total. The summed E-state index contributed by atoms with van der Waals surface area (Å²) in [5, 5.41) is 9.67. The van der Waals surface area contributed by atoms with E-state index in [0.29, 0.717) is 11.9 Å². The van der Waals surface area contributed by atoms with E-state index in [4.69, 9.17) is 11.5 Å². The highest BCUT2D eigenvalue weighted by molar-refractivity contribution is 7.20. The molecular formula is C35H38N8O4S. The van der Waals surface area contributed by atoms with Crippen LogP contribution < -0.4 is 27.4 Å². The molecule has 0 saturated heterocycles. The smallest absolute Gasteiger partial charge is 0.243 e. The third-order valence-corrected chi connectivity index (χ3v) is 8.84. The fourth-order valence-corrected chi connectivity index (χ4v) is 6.44. The number of nitrogens with zero attached hydrogens (tertiary/aromatic N) is 2. The van der Waals surface area contributed by atoms with Crippen LogP contribution in [0, 0.1) is 0 Å². The maximum Gasteiger partial charge on any atom is 0.243 e. The zero-order valence-corrected chi connectivity index (χ0v) is 27.3. The number of para-hydroxylation sites is 2. The Hall–Kier alpha value is -5.56. The van der Waals surface area contributed by atoms with Crippen LogP contribution >= 0.6 is 11.3 Å². The number of nitrogens with two attached hydrogens (primary N) is 2. The highest BCUT2D eigenvalue weighted by Crippen LogP contribution is 2.24. The summed E-state index contributed by atoms with van der Waals surface area (Å²) in [5.74, 6) is -1.90. The predicted octanol–water partition coefficient (Wildman–Crippen LogP) is 2.97. The molecule has 3 aromatic carbocycles. The molecule has 48 heavy (non-hydrogen) atoms. The third-order valence-electron chi connectivity index (χ3n) is 7.79. The van der Waals surface area contributed by atoms with E-state index >= 15 is 0 Å². The first kappa shape index (κ1) is 33.8. The number of carbonyl (C=O) groups excluding carboxylic acids is 4. The number of hydrogen-bond acceptors (Lipinski definition) is 7. The van der Waals surface area contributed by atoms with Gasteiger partial charge in [-0.25, -0.2) is 4.98 Å². The Morgan fingerprint density at radius 3 is 2.23 bits per heavy atom. The van der Waals surface area contributed by atoms with Crippen molar-refractivity contribution in [3.63, 3.8) is 0 Å². The van der Waals surface area contributed by atoms with E-state index in [1.165, 1.54) is 18.3 Å². The average Bonchev–Trinajstić information content (AvgIpc) is 3.70. The van der Waals surface area contributed by atoms with E-state index in [1.807, 2.05) is 85.1 Å². The molecule has 0 saturated carbocycles. The number of aliphatic imine (C=N–C) groups is 1. The van der Waals surface area contributed by atoms with Crippen LogP contribution in [-0.4, -0.2) is 64.1 Å². The second kappa shape index (κ2) is 15.8. The predicted molar refractivity (Wildman–Crippen MR) is 187 cm³/mol. The molecule has 3 amide bonds. The van der Waals surface area contributed by atoms with Gasteiger partial charge in [0, 0.05) is 43.4 Å². The van der Waals surface area contributed by atoms with Crippen LogP contribution in [0.2, 0.25) is 0 Å². The lowest BCUT2D eigenvalue weighted by Crippen LogP contribution is -2.56. The van der Waals surface area contributed by atoms with Crippen LogP contribution in [0.25, 0.3) is 21.1 Å². The molecule has 13 heteroatoms. The Morgan fingerprint density at radius 2 is 1.50 bits per heavy atom. The SMILES string of the molecule is CC(=O)N[C@H](Cc1c[nH]c2ccccc12)C(=O)NC(Cc1ccccc1)C(=O)N[C@@H](CCCN=C(N)N)C(=O)c1nc2ccccc2s1. The maximum atomic E-state index is 14.0. The van der Waals surface area contributed by atoms with E-state index < -0.39 is 29.9 Å². The van der Waals surface area contributed by atoms with Crippen molar-refractivity contribution in [1.29, 1.82) is 0 Å². The highest BCUT2D eigenvalue weighted by atomic mass is 32.1. The number of rotatable bonds is 15. The zero-order valence-electron chi connectivity index (χ0n) is 26.4. The fraction of sp³-hybridized carbons (Fsp3) is 0.257. The second-order valence-electron chi connectivity index (χ2n) is 11.4. The molecule has 0 aliphatic carbocycles. The van der Waals surface area contributed by atoms with Crippen LogP contribution in [-0.2, 0) is 27.2 Å². The average molecular weight is 667 g/mol. The van der Waals surface area contributed by atoms with Crippen molar-refractivity contribution < 1.29 is 19.2 Å². The zero-order chi connectivity index (χ0) is 34.0. The van der Waals surface area contributed by atoms with Crippen molar-refractivity contribution >= 4 is 61.9 Å². The molecule has 5 rings (SSSR count). The number of benzene rings is 3. The summed E-state index contributed by atoms with van der Waals surface area (Å²) in [5.41, 5.74) is 14.2. The number of Topliss-reactive ketones (excluding diaryl/α,β-unsaturated/α-hetero) is 1. The number of hydrogen-bond donors (Lipinski definition) is 6. The largest absolute Gasteiger partial charge is 0.370 e. The normalized spacial score (nSPS) is 12.9. The monoisotopic (exact) mass is 666 g/mol. The summed E-state index contributed by atoms with van der Waals surface area (Å²) in [6, 6.07) is 21.3. The van der Waals surface area contributed by atoms with Gasteiger partial charge in [0.05, 0.1) is 16.3 Å². The second-order valence-corrected chi connectivity index (χ2v) is 12.5. The summed E-state index contributed by atoms with van der Waals surface area (Å²) in [6.45, 7) is 1.60. The summed E-state index contributed by atoms with van der Waals surface area (Å²) in [7, 11) is 0. The lowest BCUT2D eigenvalue weighted by molar-refractivity contribution is -0.131. The summed E-state index contributed by atoms with van der Waals surface area (Å²) in [4.78, 5) is 65.6. The van der Waals surface area contributed by atoms with Crippen LogP contribution in [0.15, 0.2) is 90.1 Å². The van der Waals surface area contributed by atoms with Gasteiger partial charge < -0.3 is 32.4 Å². The minimum Gasteiger partial charge on any atom is -0.370 e. The van der Waals surface area contributed by atoms with Crippen molar-refractivity contribution in [2.75, 3.05) is 6.54 Å². The quantitative estimate of drug-likeness (QED) is 0.0427. The number of ketones is 1. The number of fused-ring (bicyclic) bond motifs is 2. The Kier molecular flexibility index (Phi) is 11.1. The molecular weight excluding hydrogens is 629 g/mol. The number of aromatic nitrogens is 2. The molecule has 1 unspecified atom stereocenters. The Bertz CT molecular complexity index is 1900. The summed E-state index contributed by atoms with van der Waals surface area (Å²) >= 11 is 1.25. The topological polar surface area (TPSA) is 197 Å². The van der Waals surface area contributed by atoms with Crippen LogP contribution in [0.4, 0.5) is 0 Å². The molecule has 3 atom stereocenters. The van der Waals surface area contributed by atoms with Gasteiger partial charge in [-0.2, -0.15) is 0 Å². The third kappa shape index (κ3) is 8.82. The van der Waals surface area contributed by atoms with E-state index in [1.54, 1.807) is 0 Å². The number of nitrogens with one attached hydrogen (secondary N) is 4. The molecule has 0 radical (unpaired) electrons. The molecule has 0 spiro atoms. The van der Waals surface area contributed by atoms with Gasteiger partial charge in [-0.15, -0.1) is 11.3 Å². The molecule has 8 N–H and O–H groups in total. The lowest BCUT2D eigenvalue weighted by Gasteiger charge is -2.25.